The van der Waals surface area contributed by atoms with Gasteiger partial charge in [-0.05, 0) is 39.1 Å². The third kappa shape index (κ3) is 2.96. The number of nitrogens with zero attached hydrogens (tertiary/aromatic N) is 3. The van der Waals surface area contributed by atoms with Gasteiger partial charge in [0.25, 0.3) is 0 Å². The number of hydrogen-bond acceptors (Lipinski definition) is 5. The molecule has 1 aromatic rings. The van der Waals surface area contributed by atoms with Crippen molar-refractivity contribution in [3.8, 4) is 0 Å². The van der Waals surface area contributed by atoms with E-state index in [0.717, 1.165) is 25.9 Å². The lowest BCUT2D eigenvalue weighted by atomic mass is 10.0. The average molecular weight is 264 g/mol. The van der Waals surface area contributed by atoms with Gasteiger partial charge in [0.05, 0.1) is 5.69 Å². The van der Waals surface area contributed by atoms with E-state index >= 15 is 0 Å². The zero-order valence-corrected chi connectivity index (χ0v) is 11.3. The summed E-state index contributed by atoms with van der Waals surface area (Å²) in [6, 6.07) is 3.50. The quantitative estimate of drug-likeness (QED) is 0.843. The summed E-state index contributed by atoms with van der Waals surface area (Å²) in [5.74, 6) is -0.436. The molecule has 1 aliphatic rings. The zero-order chi connectivity index (χ0) is 14.0. The summed E-state index contributed by atoms with van der Waals surface area (Å²) in [5, 5.41) is 9.01. The Kier molecular flexibility index (Phi) is 3.90. The van der Waals surface area contributed by atoms with Gasteiger partial charge in [0.2, 0.25) is 0 Å². The molecule has 6 nitrogen and oxygen atoms in total. The van der Waals surface area contributed by atoms with Crippen LogP contribution < -0.4 is 10.6 Å². The lowest BCUT2D eigenvalue weighted by Crippen LogP contribution is -2.45. The minimum atomic E-state index is -1.03. The van der Waals surface area contributed by atoms with E-state index in [1.165, 1.54) is 6.07 Å². The van der Waals surface area contributed by atoms with Gasteiger partial charge in [-0.15, -0.1) is 0 Å². The first kappa shape index (κ1) is 13.6. The minimum absolute atomic E-state index is 0.0381. The third-order valence-corrected chi connectivity index (χ3v) is 3.55. The first-order valence-electron chi connectivity index (χ1n) is 6.40. The number of aromatic nitrogens is 1. The molecule has 0 radical (unpaired) electrons. The number of carboxylic acids is 1. The van der Waals surface area contributed by atoms with E-state index in [9.17, 15) is 4.79 Å². The molecule has 104 valence electrons. The van der Waals surface area contributed by atoms with Crippen LogP contribution >= 0.6 is 0 Å². The average Bonchev–Trinajstić information content (AvgIpc) is 2.39. The van der Waals surface area contributed by atoms with Gasteiger partial charge in [-0.25, -0.2) is 9.78 Å². The van der Waals surface area contributed by atoms with Crippen molar-refractivity contribution in [2.45, 2.75) is 18.9 Å². The molecule has 0 aromatic carbocycles. The number of nitrogen functional groups attached to an aromatic ring is 1. The summed E-state index contributed by atoms with van der Waals surface area (Å²) < 4.78 is 0. The summed E-state index contributed by atoms with van der Waals surface area (Å²) in [4.78, 5) is 19.4. The normalized spacial score (nSPS) is 19.7. The van der Waals surface area contributed by atoms with Crippen LogP contribution in [0.2, 0.25) is 0 Å². The van der Waals surface area contributed by atoms with Crippen molar-refractivity contribution < 1.29 is 9.90 Å². The first-order chi connectivity index (χ1) is 8.99. The fourth-order valence-corrected chi connectivity index (χ4v) is 2.40. The summed E-state index contributed by atoms with van der Waals surface area (Å²) in [6.07, 6.45) is 2.20. The highest BCUT2D eigenvalue weighted by Gasteiger charge is 2.24. The number of anilines is 2. The lowest BCUT2D eigenvalue weighted by molar-refractivity contribution is 0.0690. The molecule has 1 aliphatic heterocycles. The highest BCUT2D eigenvalue weighted by Crippen LogP contribution is 2.25. The van der Waals surface area contributed by atoms with Gasteiger partial charge in [-0.1, -0.05) is 0 Å². The van der Waals surface area contributed by atoms with E-state index in [2.05, 4.69) is 28.9 Å². The van der Waals surface area contributed by atoms with Crippen LogP contribution in [0.15, 0.2) is 12.1 Å². The molecule has 0 spiro atoms. The van der Waals surface area contributed by atoms with Gasteiger partial charge in [0, 0.05) is 19.1 Å². The predicted molar refractivity (Wildman–Crippen MR) is 74.5 cm³/mol. The molecule has 2 rings (SSSR count). The van der Waals surface area contributed by atoms with Crippen LogP contribution in [0.25, 0.3) is 0 Å². The maximum Gasteiger partial charge on any atom is 0.354 e. The monoisotopic (exact) mass is 264 g/mol. The second-order valence-electron chi connectivity index (χ2n) is 5.12. The van der Waals surface area contributed by atoms with Crippen molar-refractivity contribution in [3.63, 3.8) is 0 Å². The standard InChI is InChI=1S/C13H20N4O2/c1-16(2)9-4-3-7-17(8-9)12-10(14)5-6-11(15-12)13(18)19/h5-6,9H,3-4,7-8,14H2,1-2H3,(H,18,19). The van der Waals surface area contributed by atoms with Crippen molar-refractivity contribution >= 4 is 17.5 Å². The van der Waals surface area contributed by atoms with Crippen molar-refractivity contribution in [2.75, 3.05) is 37.8 Å². The zero-order valence-electron chi connectivity index (χ0n) is 11.3. The fourth-order valence-electron chi connectivity index (χ4n) is 2.40. The number of aromatic carboxylic acids is 1. The maximum absolute atomic E-state index is 11.0. The van der Waals surface area contributed by atoms with Crippen molar-refractivity contribution in [1.82, 2.24) is 9.88 Å². The van der Waals surface area contributed by atoms with Crippen LogP contribution in [-0.2, 0) is 0 Å². The largest absolute Gasteiger partial charge is 0.477 e. The van der Waals surface area contributed by atoms with Gasteiger partial charge >= 0.3 is 5.97 Å². The second kappa shape index (κ2) is 5.44. The second-order valence-corrected chi connectivity index (χ2v) is 5.12. The fraction of sp³-hybridized carbons (Fsp3) is 0.538. The van der Waals surface area contributed by atoms with Crippen LogP contribution in [-0.4, -0.2) is 54.2 Å². The Morgan fingerprint density at radius 3 is 2.89 bits per heavy atom. The van der Waals surface area contributed by atoms with Crippen molar-refractivity contribution in [3.05, 3.63) is 17.8 Å². The number of pyridine rings is 1. The van der Waals surface area contributed by atoms with Crippen LogP contribution in [0.5, 0.6) is 0 Å². The molecular weight excluding hydrogens is 244 g/mol. The van der Waals surface area contributed by atoms with Gasteiger partial charge < -0.3 is 20.6 Å². The van der Waals surface area contributed by atoms with Gasteiger partial charge in [-0.3, -0.25) is 0 Å². The molecule has 1 unspecified atom stereocenters. The van der Waals surface area contributed by atoms with E-state index in [-0.39, 0.29) is 5.69 Å². The molecule has 0 aliphatic carbocycles. The molecule has 0 amide bonds. The smallest absolute Gasteiger partial charge is 0.354 e. The Balaban J connectivity index is 2.25. The minimum Gasteiger partial charge on any atom is -0.477 e. The summed E-state index contributed by atoms with van der Waals surface area (Å²) >= 11 is 0. The van der Waals surface area contributed by atoms with E-state index in [1.54, 1.807) is 6.07 Å². The van der Waals surface area contributed by atoms with E-state index < -0.39 is 5.97 Å². The molecule has 1 aromatic heterocycles. The number of carbonyl (C=O) groups is 1. The molecule has 1 atom stereocenters. The number of rotatable bonds is 3. The molecule has 1 fully saturated rings. The number of piperidine rings is 1. The highest BCUT2D eigenvalue weighted by atomic mass is 16.4. The SMILES string of the molecule is CN(C)C1CCCN(c2nc(C(=O)O)ccc2N)C1. The highest BCUT2D eigenvalue weighted by molar-refractivity contribution is 5.87. The van der Waals surface area contributed by atoms with Crippen LogP contribution in [0.3, 0.4) is 0 Å². The van der Waals surface area contributed by atoms with Gasteiger partial charge in [0.15, 0.2) is 11.5 Å². The molecule has 1 saturated heterocycles. The van der Waals surface area contributed by atoms with Crippen LogP contribution in [0.4, 0.5) is 11.5 Å². The van der Waals surface area contributed by atoms with Crippen LogP contribution in [0.1, 0.15) is 23.3 Å². The molecule has 0 saturated carbocycles. The molecule has 3 N–H and O–H groups in total. The van der Waals surface area contributed by atoms with E-state index in [4.69, 9.17) is 10.8 Å². The van der Waals surface area contributed by atoms with Gasteiger partial charge in [-0.2, -0.15) is 0 Å². The topological polar surface area (TPSA) is 82.7 Å². The lowest BCUT2D eigenvalue weighted by Gasteiger charge is -2.37. The number of likely N-dealkylation sites (N-methyl/N-ethyl adjacent to an activating group) is 1. The van der Waals surface area contributed by atoms with Crippen molar-refractivity contribution in [1.29, 1.82) is 0 Å². The molecule has 0 bridgehead atoms. The number of carboxylic acid groups (broad SMARTS) is 1. The Bertz CT molecular complexity index is 476. The maximum atomic E-state index is 11.0. The third-order valence-electron chi connectivity index (χ3n) is 3.55. The van der Waals surface area contributed by atoms with Gasteiger partial charge in [0.1, 0.15) is 0 Å². The number of nitrogens with two attached hydrogens (primary N) is 1. The molecule has 19 heavy (non-hydrogen) atoms. The Hall–Kier alpha value is -1.82. The molecular formula is C13H20N4O2. The summed E-state index contributed by atoms with van der Waals surface area (Å²) in [7, 11) is 4.11. The Labute approximate surface area is 112 Å². The molecule has 2 heterocycles. The number of hydrogen-bond donors (Lipinski definition) is 2. The Morgan fingerprint density at radius 1 is 1.53 bits per heavy atom. The summed E-state index contributed by atoms with van der Waals surface area (Å²) in [6.45, 7) is 1.69. The summed E-state index contributed by atoms with van der Waals surface area (Å²) in [5.41, 5.74) is 6.50. The predicted octanol–water partition coefficient (Wildman–Crippen LogP) is 0.892. The Morgan fingerprint density at radius 2 is 2.26 bits per heavy atom. The molecule has 6 heteroatoms. The van der Waals surface area contributed by atoms with E-state index in [1.807, 2.05) is 0 Å². The van der Waals surface area contributed by atoms with Crippen LogP contribution in [0, 0.1) is 0 Å². The van der Waals surface area contributed by atoms with Crippen molar-refractivity contribution in [2.24, 2.45) is 0 Å². The van der Waals surface area contributed by atoms with E-state index in [0.29, 0.717) is 17.5 Å². The first-order valence-corrected chi connectivity index (χ1v) is 6.40.